The standard InChI is InChI=1S/C8H10N6O/c1-5-13-6(15-14-5)4-12-8-7(9)10-2-3-11-8/h2-3H,4H2,1H3,(H2,9,10)(H,11,12). The molecular formula is C8H10N6O. The second-order valence-electron chi connectivity index (χ2n) is 2.88. The van der Waals surface area contributed by atoms with Crippen LogP contribution in [0.15, 0.2) is 16.9 Å². The zero-order valence-corrected chi connectivity index (χ0v) is 8.14. The summed E-state index contributed by atoms with van der Waals surface area (Å²) in [5.41, 5.74) is 5.59. The van der Waals surface area contributed by atoms with Crippen LogP contribution >= 0.6 is 0 Å². The first-order chi connectivity index (χ1) is 7.25. The van der Waals surface area contributed by atoms with Gasteiger partial charge < -0.3 is 15.6 Å². The molecule has 7 nitrogen and oxygen atoms in total. The highest BCUT2D eigenvalue weighted by Crippen LogP contribution is 2.10. The van der Waals surface area contributed by atoms with Crippen molar-refractivity contribution in [2.75, 3.05) is 11.1 Å². The van der Waals surface area contributed by atoms with E-state index in [1.54, 1.807) is 13.1 Å². The van der Waals surface area contributed by atoms with Gasteiger partial charge in [0.05, 0.1) is 6.54 Å². The molecule has 2 aromatic heterocycles. The van der Waals surface area contributed by atoms with Crippen LogP contribution in [0, 0.1) is 6.92 Å². The number of anilines is 2. The Balaban J connectivity index is 2.02. The molecule has 0 amide bonds. The Morgan fingerprint density at radius 3 is 2.87 bits per heavy atom. The molecule has 0 bridgehead atoms. The maximum atomic E-state index is 5.59. The molecule has 78 valence electrons. The van der Waals surface area contributed by atoms with Crippen molar-refractivity contribution in [1.82, 2.24) is 20.1 Å². The molecule has 0 aromatic carbocycles. The van der Waals surface area contributed by atoms with Crippen molar-refractivity contribution in [3.63, 3.8) is 0 Å². The van der Waals surface area contributed by atoms with E-state index in [1.165, 1.54) is 6.20 Å². The van der Waals surface area contributed by atoms with Gasteiger partial charge in [-0.3, -0.25) is 0 Å². The summed E-state index contributed by atoms with van der Waals surface area (Å²) in [6.07, 6.45) is 3.08. The van der Waals surface area contributed by atoms with Crippen molar-refractivity contribution in [1.29, 1.82) is 0 Å². The number of rotatable bonds is 3. The Kier molecular flexibility index (Phi) is 2.44. The molecule has 7 heteroatoms. The van der Waals surface area contributed by atoms with Gasteiger partial charge in [0.2, 0.25) is 5.89 Å². The van der Waals surface area contributed by atoms with Crippen molar-refractivity contribution in [2.24, 2.45) is 0 Å². The average Bonchev–Trinajstić information content (AvgIpc) is 2.63. The summed E-state index contributed by atoms with van der Waals surface area (Å²) in [5.74, 6) is 1.93. The summed E-state index contributed by atoms with van der Waals surface area (Å²) in [5, 5.41) is 6.61. The first kappa shape index (κ1) is 9.38. The number of hydrogen-bond donors (Lipinski definition) is 2. The average molecular weight is 206 g/mol. The molecule has 0 saturated heterocycles. The highest BCUT2D eigenvalue weighted by Gasteiger charge is 2.04. The van der Waals surface area contributed by atoms with Crippen LogP contribution in [0.2, 0.25) is 0 Å². The van der Waals surface area contributed by atoms with Gasteiger partial charge in [-0.25, -0.2) is 9.97 Å². The molecule has 0 atom stereocenters. The van der Waals surface area contributed by atoms with Gasteiger partial charge in [-0.2, -0.15) is 4.98 Å². The first-order valence-electron chi connectivity index (χ1n) is 4.35. The highest BCUT2D eigenvalue weighted by atomic mass is 16.5. The predicted molar refractivity (Wildman–Crippen MR) is 52.8 cm³/mol. The lowest BCUT2D eigenvalue weighted by molar-refractivity contribution is 0.379. The zero-order chi connectivity index (χ0) is 10.7. The van der Waals surface area contributed by atoms with Crippen LogP contribution < -0.4 is 11.1 Å². The smallest absolute Gasteiger partial charge is 0.245 e. The van der Waals surface area contributed by atoms with Gasteiger partial charge in [-0.1, -0.05) is 5.16 Å². The third-order valence-electron chi connectivity index (χ3n) is 1.70. The van der Waals surface area contributed by atoms with Gasteiger partial charge in [0.25, 0.3) is 0 Å². The summed E-state index contributed by atoms with van der Waals surface area (Å²) in [6, 6.07) is 0. The molecule has 0 aliphatic carbocycles. The van der Waals surface area contributed by atoms with Gasteiger partial charge in [-0.05, 0) is 6.92 Å². The minimum absolute atomic E-state index is 0.341. The molecule has 2 aromatic rings. The molecule has 0 aliphatic heterocycles. The molecule has 0 spiro atoms. The molecule has 2 rings (SSSR count). The van der Waals surface area contributed by atoms with E-state index < -0.39 is 0 Å². The highest BCUT2D eigenvalue weighted by molar-refractivity contribution is 5.54. The number of nitrogen functional groups attached to an aromatic ring is 1. The van der Waals surface area contributed by atoms with Crippen LogP contribution in [0.4, 0.5) is 11.6 Å². The van der Waals surface area contributed by atoms with E-state index in [0.717, 1.165) is 0 Å². The Morgan fingerprint density at radius 2 is 2.20 bits per heavy atom. The van der Waals surface area contributed by atoms with Crippen molar-refractivity contribution in [3.05, 3.63) is 24.1 Å². The summed E-state index contributed by atoms with van der Waals surface area (Å²) < 4.78 is 4.91. The first-order valence-corrected chi connectivity index (χ1v) is 4.35. The van der Waals surface area contributed by atoms with Crippen molar-refractivity contribution in [2.45, 2.75) is 13.5 Å². The predicted octanol–water partition coefficient (Wildman–Crippen LogP) is 0.362. The normalized spacial score (nSPS) is 10.2. The number of nitrogens with two attached hydrogens (primary N) is 1. The Labute approximate surface area is 85.7 Å². The summed E-state index contributed by atoms with van der Waals surface area (Å²) in [6.45, 7) is 2.13. The summed E-state index contributed by atoms with van der Waals surface area (Å²) >= 11 is 0. The number of hydrogen-bond acceptors (Lipinski definition) is 7. The fraction of sp³-hybridized carbons (Fsp3) is 0.250. The van der Waals surface area contributed by atoms with E-state index in [9.17, 15) is 0 Å². The molecule has 15 heavy (non-hydrogen) atoms. The second-order valence-corrected chi connectivity index (χ2v) is 2.88. The quantitative estimate of drug-likeness (QED) is 0.747. The number of nitrogens with one attached hydrogen (secondary N) is 1. The van der Waals surface area contributed by atoms with Crippen molar-refractivity contribution >= 4 is 11.6 Å². The van der Waals surface area contributed by atoms with Crippen LogP contribution in [0.3, 0.4) is 0 Å². The van der Waals surface area contributed by atoms with Gasteiger partial charge in [-0.15, -0.1) is 0 Å². The van der Waals surface area contributed by atoms with E-state index in [4.69, 9.17) is 10.3 Å². The van der Waals surface area contributed by atoms with E-state index in [2.05, 4.69) is 25.4 Å². The minimum Gasteiger partial charge on any atom is -0.381 e. The maximum absolute atomic E-state index is 5.59. The third kappa shape index (κ3) is 2.19. The van der Waals surface area contributed by atoms with Gasteiger partial charge in [0, 0.05) is 12.4 Å². The van der Waals surface area contributed by atoms with E-state index in [0.29, 0.717) is 29.9 Å². The van der Waals surface area contributed by atoms with Gasteiger partial charge in [0.1, 0.15) is 0 Å². The van der Waals surface area contributed by atoms with Crippen LogP contribution in [0.5, 0.6) is 0 Å². The molecule has 0 saturated carbocycles. The third-order valence-corrected chi connectivity index (χ3v) is 1.70. The lowest BCUT2D eigenvalue weighted by Gasteiger charge is -2.03. The lowest BCUT2D eigenvalue weighted by Crippen LogP contribution is -2.05. The summed E-state index contributed by atoms with van der Waals surface area (Å²) in [4.78, 5) is 11.9. The molecule has 0 aliphatic rings. The SMILES string of the molecule is Cc1noc(CNc2nccnc2N)n1. The lowest BCUT2D eigenvalue weighted by atomic mass is 10.5. The van der Waals surface area contributed by atoms with Crippen LogP contribution in [0.25, 0.3) is 0 Å². The number of aromatic nitrogens is 4. The second kappa shape index (κ2) is 3.91. The fourth-order valence-corrected chi connectivity index (χ4v) is 1.06. The van der Waals surface area contributed by atoms with E-state index >= 15 is 0 Å². The van der Waals surface area contributed by atoms with E-state index in [-0.39, 0.29) is 0 Å². The zero-order valence-electron chi connectivity index (χ0n) is 8.14. The Bertz CT molecular complexity index is 454. The van der Waals surface area contributed by atoms with Gasteiger partial charge >= 0.3 is 0 Å². The Hall–Kier alpha value is -2.18. The van der Waals surface area contributed by atoms with Crippen LogP contribution in [0.1, 0.15) is 11.7 Å². The van der Waals surface area contributed by atoms with Crippen LogP contribution in [-0.4, -0.2) is 20.1 Å². The number of aryl methyl sites for hydroxylation is 1. The molecule has 0 radical (unpaired) electrons. The largest absolute Gasteiger partial charge is 0.381 e. The topological polar surface area (TPSA) is 103 Å². The molecule has 0 fully saturated rings. The van der Waals surface area contributed by atoms with E-state index in [1.807, 2.05) is 0 Å². The molecule has 3 N–H and O–H groups in total. The molecule has 0 unspecified atom stereocenters. The van der Waals surface area contributed by atoms with Gasteiger partial charge in [0.15, 0.2) is 17.5 Å². The molecule has 2 heterocycles. The van der Waals surface area contributed by atoms with Crippen molar-refractivity contribution in [3.8, 4) is 0 Å². The Morgan fingerprint density at radius 1 is 1.40 bits per heavy atom. The summed E-state index contributed by atoms with van der Waals surface area (Å²) in [7, 11) is 0. The minimum atomic E-state index is 0.341. The fourth-order valence-electron chi connectivity index (χ4n) is 1.06. The van der Waals surface area contributed by atoms with Crippen LogP contribution in [-0.2, 0) is 6.54 Å². The maximum Gasteiger partial charge on any atom is 0.245 e. The van der Waals surface area contributed by atoms with Crippen molar-refractivity contribution < 1.29 is 4.52 Å². The molecular weight excluding hydrogens is 196 g/mol. The number of nitrogens with zero attached hydrogens (tertiary/aromatic N) is 4. The monoisotopic (exact) mass is 206 g/mol.